The van der Waals surface area contributed by atoms with Gasteiger partial charge in [0, 0.05) is 75.0 Å². The van der Waals surface area contributed by atoms with Crippen LogP contribution in [0.2, 0.25) is 0 Å². The minimum Gasteiger partial charge on any atom is -0.490 e. The third-order valence-corrected chi connectivity index (χ3v) is 11.9. The number of rotatable bonds is 10. The monoisotopic (exact) mass is 747 g/mol. The maximum absolute atomic E-state index is 14.7. The predicted molar refractivity (Wildman–Crippen MR) is 185 cm³/mol. The summed E-state index contributed by atoms with van der Waals surface area (Å²) < 4.78 is 85.9. The molecule has 1 amide bonds. The summed E-state index contributed by atoms with van der Waals surface area (Å²) in [4.78, 5) is 36.7. The van der Waals surface area contributed by atoms with Crippen molar-refractivity contribution in [3.05, 3.63) is 41.9 Å². The van der Waals surface area contributed by atoms with Gasteiger partial charge in [-0.1, -0.05) is 6.92 Å². The summed E-state index contributed by atoms with van der Waals surface area (Å²) in [5, 5.41) is 13.3. The highest BCUT2D eigenvalue weighted by molar-refractivity contribution is 6.00. The van der Waals surface area contributed by atoms with Gasteiger partial charge in [0.1, 0.15) is 17.4 Å². The predicted octanol–water partition coefficient (Wildman–Crippen LogP) is 7.37. The van der Waals surface area contributed by atoms with Gasteiger partial charge in [-0.2, -0.15) is 13.2 Å². The number of nitrogens with one attached hydrogen (secondary N) is 1. The molecule has 2 aromatic heterocycles. The molecular formula is C38H46F5N5O5. The van der Waals surface area contributed by atoms with Crippen LogP contribution < -0.4 is 10.1 Å². The Morgan fingerprint density at radius 1 is 1.08 bits per heavy atom. The first-order valence-electron chi connectivity index (χ1n) is 18.6. The average molecular weight is 748 g/mol. The second-order valence-electron chi connectivity index (χ2n) is 15.6. The third-order valence-electron chi connectivity index (χ3n) is 11.9. The highest BCUT2D eigenvalue weighted by Gasteiger charge is 2.56. The van der Waals surface area contributed by atoms with E-state index in [2.05, 4.69) is 20.2 Å². The zero-order valence-electron chi connectivity index (χ0n) is 29.9. The van der Waals surface area contributed by atoms with Crippen molar-refractivity contribution in [2.45, 2.75) is 101 Å². The minimum atomic E-state index is -5.08. The number of piperidine rings is 1. The highest BCUT2D eigenvalue weighted by atomic mass is 19.4. The van der Waals surface area contributed by atoms with Crippen LogP contribution in [0, 0.1) is 17.8 Å². The Balaban J connectivity index is 1.21. The van der Waals surface area contributed by atoms with Crippen LogP contribution in [-0.2, 0) is 15.7 Å². The summed E-state index contributed by atoms with van der Waals surface area (Å²) in [6.45, 7) is 5.18. The molecule has 4 unspecified atom stereocenters. The summed E-state index contributed by atoms with van der Waals surface area (Å²) in [5.41, 5.74) is -3.19. The molecule has 10 nitrogen and oxygen atoms in total. The molecule has 2 bridgehead atoms. The number of hydrogen-bond donors (Lipinski definition) is 2. The first-order valence-corrected chi connectivity index (χ1v) is 18.6. The van der Waals surface area contributed by atoms with Crippen molar-refractivity contribution in [1.29, 1.82) is 0 Å². The number of halogens is 5. The molecule has 3 aliphatic carbocycles. The van der Waals surface area contributed by atoms with Crippen LogP contribution in [0.4, 0.5) is 22.0 Å². The number of methoxy groups -OCH3 is 1. The molecule has 0 radical (unpaired) electrons. The molecule has 53 heavy (non-hydrogen) atoms. The largest absolute Gasteiger partial charge is 0.490 e. The number of likely N-dealkylation sites (tertiary alicyclic amines) is 1. The first-order chi connectivity index (χ1) is 25.2. The molecule has 3 heterocycles. The normalized spacial score (nSPS) is 26.9. The van der Waals surface area contributed by atoms with Crippen LogP contribution in [0.3, 0.4) is 0 Å². The molecule has 7 rings (SSSR count). The number of alkyl halides is 5. The van der Waals surface area contributed by atoms with Crippen LogP contribution in [-0.4, -0.2) is 87.3 Å². The second kappa shape index (κ2) is 14.4. The van der Waals surface area contributed by atoms with E-state index in [1.54, 1.807) is 31.5 Å². The molecule has 1 aromatic carbocycles. The van der Waals surface area contributed by atoms with E-state index in [9.17, 15) is 36.6 Å². The maximum Gasteiger partial charge on any atom is 0.434 e. The fourth-order valence-corrected chi connectivity index (χ4v) is 9.32. The van der Waals surface area contributed by atoms with E-state index in [-0.39, 0.29) is 67.5 Å². The number of amides is 1. The van der Waals surface area contributed by atoms with Gasteiger partial charge in [0.2, 0.25) is 5.92 Å². The number of aromatic nitrogens is 3. The van der Waals surface area contributed by atoms with E-state index in [0.29, 0.717) is 36.1 Å². The molecule has 4 fully saturated rings. The molecule has 1 saturated heterocycles. The Morgan fingerprint density at radius 3 is 2.49 bits per heavy atom. The van der Waals surface area contributed by atoms with Crippen LogP contribution in [0.5, 0.6) is 5.75 Å². The molecule has 2 N–H and O–H groups in total. The van der Waals surface area contributed by atoms with Gasteiger partial charge in [0.15, 0.2) is 11.5 Å². The average Bonchev–Trinajstić information content (AvgIpc) is 3.61. The van der Waals surface area contributed by atoms with E-state index in [1.807, 2.05) is 11.5 Å². The van der Waals surface area contributed by atoms with Crippen molar-refractivity contribution in [3.8, 4) is 17.1 Å². The number of carbonyl (C=O) groups is 2. The van der Waals surface area contributed by atoms with Crippen molar-refractivity contribution < 1.29 is 46.1 Å². The Kier molecular flexibility index (Phi) is 10.2. The highest BCUT2D eigenvalue weighted by Crippen LogP contribution is 2.51. The van der Waals surface area contributed by atoms with Crippen LogP contribution in [0.25, 0.3) is 22.3 Å². The second-order valence-corrected chi connectivity index (χ2v) is 15.6. The smallest absolute Gasteiger partial charge is 0.434 e. The maximum atomic E-state index is 14.7. The van der Waals surface area contributed by atoms with Crippen molar-refractivity contribution in [2.75, 3.05) is 33.4 Å². The molecule has 3 aromatic rings. The van der Waals surface area contributed by atoms with E-state index in [4.69, 9.17) is 9.47 Å². The quantitative estimate of drug-likeness (QED) is 0.207. The molecule has 4 aliphatic rings. The van der Waals surface area contributed by atoms with Gasteiger partial charge in [-0.15, -0.1) is 0 Å². The number of fused-ring (bicyclic) bond motifs is 3. The third kappa shape index (κ3) is 7.60. The summed E-state index contributed by atoms with van der Waals surface area (Å²) >= 11 is 0. The Hall–Kier alpha value is -3.85. The van der Waals surface area contributed by atoms with Crippen LogP contribution in [0.15, 0.2) is 30.6 Å². The first kappa shape index (κ1) is 37.5. The number of carboxylic acids is 1. The van der Waals surface area contributed by atoms with Crippen molar-refractivity contribution in [1.82, 2.24) is 24.8 Å². The summed E-state index contributed by atoms with van der Waals surface area (Å²) in [6, 6.07) is 4.89. The Labute approximate surface area is 304 Å². The lowest BCUT2D eigenvalue weighted by Gasteiger charge is -2.33. The van der Waals surface area contributed by atoms with Gasteiger partial charge in [-0.3, -0.25) is 4.79 Å². The van der Waals surface area contributed by atoms with Crippen molar-refractivity contribution in [2.24, 2.45) is 17.8 Å². The fourth-order valence-electron chi connectivity index (χ4n) is 9.32. The summed E-state index contributed by atoms with van der Waals surface area (Å²) in [5.74, 6) is -5.09. The van der Waals surface area contributed by atoms with Gasteiger partial charge in [0.25, 0.3) is 5.91 Å². The molecule has 3 saturated carbocycles. The van der Waals surface area contributed by atoms with Gasteiger partial charge >= 0.3 is 12.1 Å². The number of carboxylic acid groups (broad SMARTS) is 1. The minimum absolute atomic E-state index is 0.0497. The summed E-state index contributed by atoms with van der Waals surface area (Å²) in [6.07, 6.45) is 0.663. The lowest BCUT2D eigenvalue weighted by atomic mass is 9.78. The van der Waals surface area contributed by atoms with Gasteiger partial charge in [-0.25, -0.2) is 23.5 Å². The zero-order valence-corrected chi connectivity index (χ0v) is 29.9. The lowest BCUT2D eigenvalue weighted by Crippen LogP contribution is -2.57. The molecule has 1 aliphatic heterocycles. The van der Waals surface area contributed by atoms with Crippen LogP contribution >= 0.6 is 0 Å². The summed E-state index contributed by atoms with van der Waals surface area (Å²) in [7, 11) is 1.67. The van der Waals surface area contributed by atoms with E-state index >= 15 is 0 Å². The SMILES string of the molecule is COCCN1CCC(Oc2ccc3c(-c4ncc(C(=O)NC5(C(=O)O)CC6CC(C)CC5C6)c(C(F)(F)F)n4)cn(C4CCC(F)(F)CC4)c3c2)CC1. The van der Waals surface area contributed by atoms with E-state index in [1.165, 1.54) is 0 Å². The zero-order chi connectivity index (χ0) is 37.7. The van der Waals surface area contributed by atoms with Gasteiger partial charge < -0.3 is 29.4 Å². The Morgan fingerprint density at radius 2 is 1.81 bits per heavy atom. The molecular weight excluding hydrogens is 701 g/mol. The standard InChI is InChI=1S/C38H46F5N5O5/c1-22-15-23-17-24(16-22)37(19-23,35(50)51)46-34(49)29-20-44-33(45-32(29)38(41,42)43)30-21-48(25-5-9-36(39,40)10-6-25)31-18-27(3-4-28(30)31)53-26-7-11-47(12-8-26)13-14-52-2/h3-4,18,20-26H,5-17,19H2,1-2H3,(H,46,49)(H,50,51). The fraction of sp³-hybridized carbons (Fsp3) is 0.632. The van der Waals surface area contributed by atoms with Gasteiger partial charge in [0.05, 0.1) is 17.7 Å². The number of nitrogens with zero attached hydrogens (tertiary/aromatic N) is 4. The lowest BCUT2D eigenvalue weighted by molar-refractivity contribution is -0.146. The number of hydrogen-bond acceptors (Lipinski definition) is 7. The number of carbonyl (C=O) groups excluding carboxylic acids is 1. The van der Waals surface area contributed by atoms with E-state index < -0.39 is 46.7 Å². The Bertz CT molecular complexity index is 1830. The molecule has 4 atom stereocenters. The number of ether oxygens (including phenoxy) is 2. The molecule has 0 spiro atoms. The number of aliphatic carboxylic acids is 1. The van der Waals surface area contributed by atoms with Crippen molar-refractivity contribution in [3.63, 3.8) is 0 Å². The number of benzene rings is 1. The molecule has 288 valence electrons. The molecule has 15 heteroatoms. The van der Waals surface area contributed by atoms with Gasteiger partial charge in [-0.05, 0) is 81.3 Å². The van der Waals surface area contributed by atoms with E-state index in [0.717, 1.165) is 45.1 Å². The van der Waals surface area contributed by atoms with Crippen molar-refractivity contribution >= 4 is 22.8 Å². The van der Waals surface area contributed by atoms with Crippen LogP contribution in [0.1, 0.15) is 93.2 Å². The topological polar surface area (TPSA) is 119 Å².